The van der Waals surface area contributed by atoms with Gasteiger partial charge in [-0.15, -0.1) is 0 Å². The molecule has 0 aliphatic heterocycles. The summed E-state index contributed by atoms with van der Waals surface area (Å²) in [5.41, 5.74) is 1.80. The van der Waals surface area contributed by atoms with E-state index >= 15 is 0 Å². The molecule has 148 valence electrons. The van der Waals surface area contributed by atoms with Gasteiger partial charge in [0.05, 0.1) is 16.1 Å². The van der Waals surface area contributed by atoms with E-state index < -0.39 is 19.9 Å². The van der Waals surface area contributed by atoms with E-state index in [1.165, 1.54) is 12.1 Å². The topological polar surface area (TPSA) is 98.1 Å². The van der Waals surface area contributed by atoms with Gasteiger partial charge in [-0.3, -0.25) is 0 Å². The fourth-order valence-corrected chi connectivity index (χ4v) is 5.33. The third-order valence-electron chi connectivity index (χ3n) is 4.00. The molecule has 0 fully saturated rings. The van der Waals surface area contributed by atoms with E-state index in [1.807, 2.05) is 35.0 Å². The average Bonchev–Trinajstić information content (AvgIpc) is 3.12. The molecule has 10 heteroatoms. The molecule has 0 saturated heterocycles. The van der Waals surface area contributed by atoms with Crippen molar-refractivity contribution in [1.82, 2.24) is 14.3 Å². The van der Waals surface area contributed by atoms with Crippen molar-refractivity contribution >= 4 is 35.8 Å². The molecule has 1 N–H and O–H groups in total. The Hall–Kier alpha value is -2.01. The lowest BCUT2D eigenvalue weighted by Crippen LogP contribution is -2.24. The minimum atomic E-state index is -3.91. The highest BCUT2D eigenvalue weighted by Crippen LogP contribution is 2.25. The zero-order valence-corrected chi connectivity index (χ0v) is 18.1. The highest BCUT2D eigenvalue weighted by Gasteiger charge is 2.20. The standard InChI is InChI=1S/C18H18BrN3O4S2/c1-27(23,24)16-5-6-17(19)18(10-16)28(25,26)21-11-14-3-2-4-15(9-14)12-22-8-7-20-13-22/h2-10,13,21H,11-12H2,1H3. The van der Waals surface area contributed by atoms with Gasteiger partial charge in [0, 0.05) is 36.2 Å². The van der Waals surface area contributed by atoms with Crippen LogP contribution in [0.3, 0.4) is 0 Å². The molecule has 0 aliphatic carbocycles. The third-order valence-corrected chi connectivity index (χ3v) is 7.51. The molecular formula is C18H18BrN3O4S2. The predicted octanol–water partition coefficient (Wildman–Crippen LogP) is 2.58. The van der Waals surface area contributed by atoms with Crippen LogP contribution in [0.2, 0.25) is 0 Å². The second-order valence-electron chi connectivity index (χ2n) is 6.24. The number of hydrogen-bond acceptors (Lipinski definition) is 5. The molecule has 3 rings (SSSR count). The Labute approximate surface area is 172 Å². The van der Waals surface area contributed by atoms with Gasteiger partial charge in [0.2, 0.25) is 10.0 Å². The number of sulfone groups is 1. The molecule has 0 atom stereocenters. The van der Waals surface area contributed by atoms with Crippen LogP contribution in [0.15, 0.2) is 75.4 Å². The van der Waals surface area contributed by atoms with Crippen molar-refractivity contribution in [1.29, 1.82) is 0 Å². The van der Waals surface area contributed by atoms with Gasteiger partial charge < -0.3 is 4.57 Å². The highest BCUT2D eigenvalue weighted by atomic mass is 79.9. The summed E-state index contributed by atoms with van der Waals surface area (Å²) in [5, 5.41) is 0. The van der Waals surface area contributed by atoms with Crippen LogP contribution in [0, 0.1) is 0 Å². The number of benzene rings is 2. The summed E-state index contributed by atoms with van der Waals surface area (Å²) >= 11 is 3.18. The maximum Gasteiger partial charge on any atom is 0.242 e. The molecule has 2 aromatic carbocycles. The van der Waals surface area contributed by atoms with Crippen molar-refractivity contribution in [3.05, 3.63) is 76.8 Å². The molecular weight excluding hydrogens is 466 g/mol. The van der Waals surface area contributed by atoms with Gasteiger partial charge in [-0.1, -0.05) is 24.3 Å². The Morgan fingerprint density at radius 3 is 2.50 bits per heavy atom. The molecule has 1 aromatic heterocycles. The minimum absolute atomic E-state index is 0.0570. The van der Waals surface area contributed by atoms with Gasteiger partial charge in [-0.25, -0.2) is 26.5 Å². The van der Waals surface area contributed by atoms with E-state index in [1.54, 1.807) is 12.5 Å². The minimum Gasteiger partial charge on any atom is -0.333 e. The zero-order valence-electron chi connectivity index (χ0n) is 14.9. The molecule has 0 amide bonds. The van der Waals surface area contributed by atoms with Crippen LogP contribution in [0.4, 0.5) is 0 Å². The van der Waals surface area contributed by atoms with E-state index in [0.29, 0.717) is 11.0 Å². The van der Waals surface area contributed by atoms with Crippen molar-refractivity contribution < 1.29 is 16.8 Å². The van der Waals surface area contributed by atoms with Gasteiger partial charge in [0.25, 0.3) is 0 Å². The Balaban J connectivity index is 1.79. The molecule has 0 bridgehead atoms. The first kappa shape index (κ1) is 20.7. The van der Waals surface area contributed by atoms with Crippen LogP contribution >= 0.6 is 15.9 Å². The maximum atomic E-state index is 12.7. The number of nitrogens with one attached hydrogen (secondary N) is 1. The lowest BCUT2D eigenvalue weighted by atomic mass is 10.1. The van der Waals surface area contributed by atoms with Crippen molar-refractivity contribution in [3.63, 3.8) is 0 Å². The Kier molecular flexibility index (Phi) is 6.04. The molecule has 28 heavy (non-hydrogen) atoms. The summed E-state index contributed by atoms with van der Waals surface area (Å²) in [5.74, 6) is 0. The van der Waals surface area contributed by atoms with Crippen molar-refractivity contribution in [2.45, 2.75) is 22.9 Å². The zero-order chi connectivity index (χ0) is 20.4. The van der Waals surface area contributed by atoms with E-state index in [0.717, 1.165) is 23.4 Å². The predicted molar refractivity (Wildman–Crippen MR) is 109 cm³/mol. The first-order valence-electron chi connectivity index (χ1n) is 8.18. The van der Waals surface area contributed by atoms with Gasteiger partial charge in [0.15, 0.2) is 9.84 Å². The molecule has 0 radical (unpaired) electrons. The van der Waals surface area contributed by atoms with Crippen LogP contribution in [0.5, 0.6) is 0 Å². The average molecular weight is 484 g/mol. The fourth-order valence-electron chi connectivity index (χ4n) is 2.61. The summed E-state index contributed by atoms with van der Waals surface area (Å²) in [6, 6.07) is 11.5. The Morgan fingerprint density at radius 1 is 1.07 bits per heavy atom. The first-order chi connectivity index (χ1) is 13.1. The number of hydrogen-bond donors (Lipinski definition) is 1. The number of aromatic nitrogens is 2. The second-order valence-corrected chi connectivity index (χ2v) is 10.8. The van der Waals surface area contributed by atoms with Crippen molar-refractivity contribution in [2.24, 2.45) is 0 Å². The third kappa shape index (κ3) is 5.07. The van der Waals surface area contributed by atoms with Crippen LogP contribution in [-0.2, 0) is 33.0 Å². The number of nitrogens with zero attached hydrogens (tertiary/aromatic N) is 2. The maximum absolute atomic E-state index is 12.7. The van der Waals surface area contributed by atoms with Gasteiger partial charge in [-0.2, -0.15) is 0 Å². The summed E-state index contributed by atoms with van der Waals surface area (Å²) in [6.07, 6.45) is 6.29. The van der Waals surface area contributed by atoms with Gasteiger partial charge in [-0.05, 0) is 45.3 Å². The molecule has 7 nitrogen and oxygen atoms in total. The van der Waals surface area contributed by atoms with E-state index in [2.05, 4.69) is 25.6 Å². The number of rotatable bonds is 7. The summed E-state index contributed by atoms with van der Waals surface area (Å²) in [7, 11) is -7.43. The number of imidazole rings is 1. The highest BCUT2D eigenvalue weighted by molar-refractivity contribution is 9.10. The van der Waals surface area contributed by atoms with Crippen molar-refractivity contribution in [3.8, 4) is 0 Å². The molecule has 3 aromatic rings. The monoisotopic (exact) mass is 483 g/mol. The van der Waals surface area contributed by atoms with Gasteiger partial charge >= 0.3 is 0 Å². The van der Waals surface area contributed by atoms with Gasteiger partial charge in [0.1, 0.15) is 0 Å². The summed E-state index contributed by atoms with van der Waals surface area (Å²) in [4.78, 5) is 3.82. The van der Waals surface area contributed by atoms with E-state index in [-0.39, 0.29) is 16.3 Å². The van der Waals surface area contributed by atoms with Crippen LogP contribution in [0.1, 0.15) is 11.1 Å². The largest absolute Gasteiger partial charge is 0.333 e. The lowest BCUT2D eigenvalue weighted by Gasteiger charge is -2.11. The quantitative estimate of drug-likeness (QED) is 0.556. The Bertz CT molecular complexity index is 1190. The van der Waals surface area contributed by atoms with Crippen LogP contribution < -0.4 is 4.72 Å². The summed E-state index contributed by atoms with van der Waals surface area (Å²) in [6.45, 7) is 0.707. The smallest absolute Gasteiger partial charge is 0.242 e. The van der Waals surface area contributed by atoms with E-state index in [4.69, 9.17) is 0 Å². The molecule has 0 spiro atoms. The first-order valence-corrected chi connectivity index (χ1v) is 12.3. The molecule has 0 aliphatic rings. The number of halogens is 1. The second kappa shape index (κ2) is 8.16. The van der Waals surface area contributed by atoms with Crippen LogP contribution in [-0.4, -0.2) is 32.6 Å². The normalized spacial score (nSPS) is 12.2. The molecule has 1 heterocycles. The van der Waals surface area contributed by atoms with E-state index in [9.17, 15) is 16.8 Å². The van der Waals surface area contributed by atoms with Crippen LogP contribution in [0.25, 0.3) is 0 Å². The number of sulfonamides is 1. The lowest BCUT2D eigenvalue weighted by molar-refractivity contribution is 0.580. The fraction of sp³-hybridized carbons (Fsp3) is 0.167. The summed E-state index contributed by atoms with van der Waals surface area (Å²) < 4.78 is 53.6. The SMILES string of the molecule is CS(=O)(=O)c1ccc(Br)c(S(=O)(=O)NCc2cccc(Cn3ccnc3)c2)c1. The molecule has 0 unspecified atom stereocenters. The Morgan fingerprint density at radius 2 is 1.82 bits per heavy atom. The van der Waals surface area contributed by atoms with Crippen molar-refractivity contribution in [2.75, 3.05) is 6.26 Å². The molecule has 0 saturated carbocycles.